The largest absolute Gasteiger partial charge is 0.493 e. The molecular formula is C17H15ClN4O2. The van der Waals surface area contributed by atoms with Crippen molar-refractivity contribution in [1.29, 1.82) is 0 Å². The molecule has 2 aromatic carbocycles. The lowest BCUT2D eigenvalue weighted by molar-refractivity contribution is 0.340. The zero-order valence-corrected chi connectivity index (χ0v) is 13.7. The number of ether oxygens (including phenoxy) is 1. The average molecular weight is 343 g/mol. The van der Waals surface area contributed by atoms with Gasteiger partial charge in [0.2, 0.25) is 0 Å². The van der Waals surface area contributed by atoms with Crippen LogP contribution in [0.25, 0.3) is 10.8 Å². The summed E-state index contributed by atoms with van der Waals surface area (Å²) in [6.45, 7) is 2.48. The van der Waals surface area contributed by atoms with Crippen LogP contribution in [0, 0.1) is 0 Å². The first-order chi connectivity index (χ1) is 11.7. The van der Waals surface area contributed by atoms with Crippen molar-refractivity contribution in [3.05, 3.63) is 63.5 Å². The van der Waals surface area contributed by atoms with Gasteiger partial charge < -0.3 is 4.74 Å². The Kier molecular flexibility index (Phi) is 4.77. The molecule has 1 aromatic heterocycles. The normalized spacial score (nSPS) is 11.1. The van der Waals surface area contributed by atoms with Gasteiger partial charge in [-0.2, -0.15) is 10.2 Å². The molecule has 0 aliphatic heterocycles. The standard InChI is InChI=1S/C17H15ClN4O2/c1-2-24-15-8-7-11-5-3-4-6-12(11)13(15)9-19-21-14-10-20-22-17(23)16(14)18/h3-10H,2H2,1H3,(H2,21,22,23)/b19-9+. The van der Waals surface area contributed by atoms with E-state index in [9.17, 15) is 4.79 Å². The average Bonchev–Trinajstić information content (AvgIpc) is 2.60. The number of nitrogens with zero attached hydrogens (tertiary/aromatic N) is 2. The summed E-state index contributed by atoms with van der Waals surface area (Å²) >= 11 is 5.91. The van der Waals surface area contributed by atoms with Crippen molar-refractivity contribution in [1.82, 2.24) is 10.2 Å². The predicted octanol–water partition coefficient (Wildman–Crippen LogP) is 3.42. The molecule has 0 saturated heterocycles. The van der Waals surface area contributed by atoms with Crippen LogP contribution < -0.4 is 15.7 Å². The summed E-state index contributed by atoms with van der Waals surface area (Å²) in [5.74, 6) is 0.733. The van der Waals surface area contributed by atoms with Crippen molar-refractivity contribution in [3.63, 3.8) is 0 Å². The number of fused-ring (bicyclic) bond motifs is 1. The number of hydrogen-bond acceptors (Lipinski definition) is 5. The van der Waals surface area contributed by atoms with Crippen molar-refractivity contribution in [2.45, 2.75) is 6.92 Å². The lowest BCUT2D eigenvalue weighted by atomic mass is 10.0. The van der Waals surface area contributed by atoms with Gasteiger partial charge in [0.05, 0.1) is 19.0 Å². The number of H-pyrrole nitrogens is 1. The van der Waals surface area contributed by atoms with E-state index in [1.807, 2.05) is 43.3 Å². The maximum absolute atomic E-state index is 11.4. The molecule has 3 aromatic rings. The maximum atomic E-state index is 11.4. The second-order valence-corrected chi connectivity index (χ2v) is 5.31. The van der Waals surface area contributed by atoms with Gasteiger partial charge in [0.15, 0.2) is 0 Å². The molecule has 7 heteroatoms. The van der Waals surface area contributed by atoms with Crippen molar-refractivity contribution >= 4 is 34.3 Å². The van der Waals surface area contributed by atoms with Gasteiger partial charge in [-0.25, -0.2) is 5.10 Å². The molecule has 0 saturated carbocycles. The van der Waals surface area contributed by atoms with Crippen LogP contribution in [0.5, 0.6) is 5.75 Å². The second kappa shape index (κ2) is 7.14. The Balaban J connectivity index is 1.97. The van der Waals surface area contributed by atoms with Gasteiger partial charge in [-0.1, -0.05) is 41.9 Å². The second-order valence-electron chi connectivity index (χ2n) is 4.93. The fourth-order valence-corrected chi connectivity index (χ4v) is 2.45. The number of anilines is 1. The first kappa shape index (κ1) is 16.0. The highest BCUT2D eigenvalue weighted by Crippen LogP contribution is 2.27. The van der Waals surface area contributed by atoms with Crippen LogP contribution in [-0.2, 0) is 0 Å². The molecule has 0 spiro atoms. The van der Waals surface area contributed by atoms with Gasteiger partial charge in [-0.05, 0) is 23.8 Å². The van der Waals surface area contributed by atoms with Crippen LogP contribution in [-0.4, -0.2) is 23.0 Å². The molecule has 0 aliphatic carbocycles. The van der Waals surface area contributed by atoms with E-state index in [4.69, 9.17) is 16.3 Å². The van der Waals surface area contributed by atoms with E-state index < -0.39 is 5.56 Å². The minimum atomic E-state index is -0.475. The topological polar surface area (TPSA) is 79.4 Å². The zero-order valence-electron chi connectivity index (χ0n) is 12.9. The van der Waals surface area contributed by atoms with Crippen molar-refractivity contribution in [3.8, 4) is 5.75 Å². The number of benzene rings is 2. The summed E-state index contributed by atoms with van der Waals surface area (Å²) in [4.78, 5) is 11.4. The van der Waals surface area contributed by atoms with E-state index >= 15 is 0 Å². The van der Waals surface area contributed by atoms with Crippen molar-refractivity contribution in [2.75, 3.05) is 12.0 Å². The molecule has 0 radical (unpaired) electrons. The van der Waals surface area contributed by atoms with Crippen LogP contribution in [0.1, 0.15) is 12.5 Å². The molecule has 2 N–H and O–H groups in total. The van der Waals surface area contributed by atoms with Crippen LogP contribution in [0.4, 0.5) is 5.69 Å². The summed E-state index contributed by atoms with van der Waals surface area (Å²) in [6, 6.07) is 11.9. The number of hydrogen-bond donors (Lipinski definition) is 2. The Labute approximate surface area is 143 Å². The van der Waals surface area contributed by atoms with Gasteiger partial charge in [0, 0.05) is 5.56 Å². The van der Waals surface area contributed by atoms with Gasteiger partial charge in [-0.15, -0.1) is 0 Å². The monoisotopic (exact) mass is 342 g/mol. The molecule has 6 nitrogen and oxygen atoms in total. The quantitative estimate of drug-likeness (QED) is 0.550. The third-order valence-corrected chi connectivity index (χ3v) is 3.78. The highest BCUT2D eigenvalue weighted by Gasteiger charge is 2.07. The number of halogens is 1. The fourth-order valence-electron chi connectivity index (χ4n) is 2.32. The van der Waals surface area contributed by atoms with Gasteiger partial charge in [0.25, 0.3) is 5.56 Å². The zero-order chi connectivity index (χ0) is 16.9. The lowest BCUT2D eigenvalue weighted by Crippen LogP contribution is -2.10. The number of rotatable bonds is 5. The van der Waals surface area contributed by atoms with Crippen LogP contribution >= 0.6 is 11.6 Å². The Morgan fingerprint density at radius 1 is 1.33 bits per heavy atom. The molecule has 0 bridgehead atoms. The minimum Gasteiger partial charge on any atom is -0.493 e. The maximum Gasteiger partial charge on any atom is 0.285 e. The molecule has 0 aliphatic rings. The minimum absolute atomic E-state index is 0.00472. The molecule has 0 amide bonds. The summed E-state index contributed by atoms with van der Waals surface area (Å²) in [6.07, 6.45) is 3.04. The fraction of sp³-hybridized carbons (Fsp3) is 0.118. The van der Waals surface area contributed by atoms with E-state index in [2.05, 4.69) is 20.7 Å². The highest BCUT2D eigenvalue weighted by molar-refractivity contribution is 6.32. The number of aromatic amines is 1. The molecular weight excluding hydrogens is 328 g/mol. The summed E-state index contributed by atoms with van der Waals surface area (Å²) in [5, 5.41) is 12.2. The Morgan fingerprint density at radius 2 is 2.17 bits per heavy atom. The van der Waals surface area contributed by atoms with E-state index in [1.54, 1.807) is 6.21 Å². The molecule has 0 atom stereocenters. The number of hydrazone groups is 1. The summed E-state index contributed by atoms with van der Waals surface area (Å²) < 4.78 is 5.68. The summed E-state index contributed by atoms with van der Waals surface area (Å²) in [5.41, 5.74) is 3.43. The molecule has 0 fully saturated rings. The van der Waals surface area contributed by atoms with E-state index in [0.717, 1.165) is 22.1 Å². The van der Waals surface area contributed by atoms with E-state index in [1.165, 1.54) is 6.20 Å². The SMILES string of the molecule is CCOc1ccc2ccccc2c1/C=N/Nc1cn[nH]c(=O)c1Cl. The number of nitrogens with one attached hydrogen (secondary N) is 2. The molecule has 1 heterocycles. The predicted molar refractivity (Wildman–Crippen MR) is 96.2 cm³/mol. The Bertz CT molecular complexity index is 953. The first-order valence-electron chi connectivity index (χ1n) is 7.37. The molecule has 122 valence electrons. The highest BCUT2D eigenvalue weighted by atomic mass is 35.5. The van der Waals surface area contributed by atoms with Crippen molar-refractivity contribution < 1.29 is 4.74 Å². The third-order valence-electron chi connectivity index (χ3n) is 3.40. The van der Waals surface area contributed by atoms with Gasteiger partial charge >= 0.3 is 0 Å². The van der Waals surface area contributed by atoms with E-state index in [0.29, 0.717) is 12.3 Å². The number of aromatic nitrogens is 2. The smallest absolute Gasteiger partial charge is 0.285 e. The lowest BCUT2D eigenvalue weighted by Gasteiger charge is -2.10. The summed E-state index contributed by atoms with van der Waals surface area (Å²) in [7, 11) is 0. The Hall–Kier alpha value is -2.86. The molecule has 0 unspecified atom stereocenters. The van der Waals surface area contributed by atoms with Crippen LogP contribution in [0.2, 0.25) is 5.02 Å². The van der Waals surface area contributed by atoms with Gasteiger partial charge in [-0.3, -0.25) is 10.2 Å². The van der Waals surface area contributed by atoms with E-state index in [-0.39, 0.29) is 5.02 Å². The first-order valence-corrected chi connectivity index (χ1v) is 7.75. The van der Waals surface area contributed by atoms with Crippen LogP contribution in [0.15, 0.2) is 52.5 Å². The third kappa shape index (κ3) is 3.23. The molecule has 24 heavy (non-hydrogen) atoms. The van der Waals surface area contributed by atoms with Crippen LogP contribution in [0.3, 0.4) is 0 Å². The van der Waals surface area contributed by atoms with Crippen molar-refractivity contribution in [2.24, 2.45) is 5.10 Å². The molecule has 3 rings (SSSR count). The van der Waals surface area contributed by atoms with Gasteiger partial charge in [0.1, 0.15) is 16.5 Å². The Morgan fingerprint density at radius 3 is 3.00 bits per heavy atom.